The molecule has 0 saturated heterocycles. The first kappa shape index (κ1) is 14.4. The molecular formula is C17H30N2O. The molecule has 3 heteroatoms. The predicted octanol–water partition coefficient (Wildman–Crippen LogP) is 2.66. The first-order valence-corrected chi connectivity index (χ1v) is 8.67. The summed E-state index contributed by atoms with van der Waals surface area (Å²) in [5, 5.41) is 3.72. The second-order valence-corrected chi connectivity index (χ2v) is 7.36. The molecule has 4 saturated carbocycles. The third-order valence-corrected chi connectivity index (χ3v) is 6.11. The van der Waals surface area contributed by atoms with Crippen LogP contribution in [0.5, 0.6) is 0 Å². The molecule has 1 amide bonds. The van der Waals surface area contributed by atoms with Crippen molar-refractivity contribution in [2.75, 3.05) is 13.1 Å². The lowest BCUT2D eigenvalue weighted by Gasteiger charge is -2.55. The van der Waals surface area contributed by atoms with Crippen molar-refractivity contribution in [2.45, 2.75) is 65.0 Å². The van der Waals surface area contributed by atoms with Gasteiger partial charge in [-0.15, -0.1) is 0 Å². The van der Waals surface area contributed by atoms with Crippen LogP contribution in [-0.4, -0.2) is 36.0 Å². The van der Waals surface area contributed by atoms with Crippen molar-refractivity contribution in [2.24, 2.45) is 23.7 Å². The van der Waals surface area contributed by atoms with Gasteiger partial charge in [0.2, 0.25) is 5.91 Å². The summed E-state index contributed by atoms with van der Waals surface area (Å²) in [4.78, 5) is 14.4. The number of rotatable bonds is 5. The van der Waals surface area contributed by atoms with Crippen LogP contribution in [0.1, 0.15) is 52.9 Å². The van der Waals surface area contributed by atoms with Crippen molar-refractivity contribution in [3.63, 3.8) is 0 Å². The fourth-order valence-corrected chi connectivity index (χ4v) is 5.37. The second kappa shape index (κ2) is 5.67. The summed E-state index contributed by atoms with van der Waals surface area (Å²) < 4.78 is 0. The van der Waals surface area contributed by atoms with E-state index in [1.54, 1.807) is 0 Å². The molecule has 1 atom stereocenters. The average molecular weight is 278 g/mol. The highest BCUT2D eigenvalue weighted by Crippen LogP contribution is 2.53. The first-order valence-electron chi connectivity index (χ1n) is 8.67. The molecule has 0 spiro atoms. The molecule has 4 aliphatic rings. The highest BCUT2D eigenvalue weighted by Gasteiger charge is 2.48. The van der Waals surface area contributed by atoms with Gasteiger partial charge in [0.1, 0.15) is 0 Å². The maximum Gasteiger partial charge on any atom is 0.239 e. The molecule has 1 N–H and O–H groups in total. The number of hydrogen-bond donors (Lipinski definition) is 1. The summed E-state index contributed by atoms with van der Waals surface area (Å²) in [6.07, 6.45) is 7.15. The molecule has 4 rings (SSSR count). The van der Waals surface area contributed by atoms with Crippen LogP contribution in [0.2, 0.25) is 0 Å². The molecule has 4 bridgehead atoms. The summed E-state index contributed by atoms with van der Waals surface area (Å²) in [6, 6.07) is 0.592. The Morgan fingerprint density at radius 3 is 2.00 bits per heavy atom. The van der Waals surface area contributed by atoms with E-state index in [2.05, 4.69) is 26.1 Å². The lowest BCUT2D eigenvalue weighted by atomic mass is 9.54. The van der Waals surface area contributed by atoms with Crippen molar-refractivity contribution in [3.05, 3.63) is 0 Å². The number of likely N-dealkylation sites (N-methyl/N-ethyl adjacent to an activating group) is 1. The summed E-state index contributed by atoms with van der Waals surface area (Å²) >= 11 is 0. The number of nitrogens with zero attached hydrogens (tertiary/aromatic N) is 1. The van der Waals surface area contributed by atoms with Crippen LogP contribution in [0, 0.1) is 23.7 Å². The van der Waals surface area contributed by atoms with E-state index < -0.39 is 0 Å². The molecule has 3 nitrogen and oxygen atoms in total. The Hall–Kier alpha value is -0.570. The highest BCUT2D eigenvalue weighted by molar-refractivity contribution is 5.81. The molecular weight excluding hydrogens is 248 g/mol. The maximum atomic E-state index is 12.4. The monoisotopic (exact) mass is 278 g/mol. The third kappa shape index (κ3) is 2.49. The van der Waals surface area contributed by atoms with E-state index in [9.17, 15) is 4.79 Å². The number of carbonyl (C=O) groups excluding carboxylic acids is 1. The Labute approximate surface area is 123 Å². The van der Waals surface area contributed by atoms with E-state index in [1.165, 1.54) is 32.1 Å². The number of carbonyl (C=O) groups is 1. The Morgan fingerprint density at radius 2 is 1.55 bits per heavy atom. The van der Waals surface area contributed by atoms with E-state index in [0.29, 0.717) is 6.04 Å². The van der Waals surface area contributed by atoms with Gasteiger partial charge in [-0.25, -0.2) is 0 Å². The number of nitrogens with one attached hydrogen (secondary N) is 1. The Bertz CT molecular complexity index is 336. The molecule has 1 unspecified atom stereocenters. The van der Waals surface area contributed by atoms with E-state index in [-0.39, 0.29) is 11.9 Å². The standard InChI is InChI=1S/C17H30N2O/c1-4-19(5-2)17(20)11(3)18-16-14-7-12-6-13(9-14)10-15(16)8-12/h11-16,18H,4-10H2,1-3H3. The Balaban J connectivity index is 1.61. The van der Waals surface area contributed by atoms with Gasteiger partial charge in [-0.3, -0.25) is 4.79 Å². The molecule has 0 aliphatic heterocycles. The van der Waals surface area contributed by atoms with E-state index in [1.807, 2.05) is 4.90 Å². The van der Waals surface area contributed by atoms with Crippen LogP contribution in [0.4, 0.5) is 0 Å². The van der Waals surface area contributed by atoms with Gasteiger partial charge in [0.25, 0.3) is 0 Å². The molecule has 0 heterocycles. The smallest absolute Gasteiger partial charge is 0.239 e. The predicted molar refractivity (Wildman–Crippen MR) is 81.4 cm³/mol. The van der Waals surface area contributed by atoms with E-state index >= 15 is 0 Å². The molecule has 4 fully saturated rings. The summed E-state index contributed by atoms with van der Waals surface area (Å²) in [5.41, 5.74) is 0. The van der Waals surface area contributed by atoms with Gasteiger partial charge in [-0.1, -0.05) is 0 Å². The lowest BCUT2D eigenvalue weighted by molar-refractivity contribution is -0.133. The van der Waals surface area contributed by atoms with Gasteiger partial charge < -0.3 is 10.2 Å². The molecule has 0 aromatic heterocycles. The lowest BCUT2D eigenvalue weighted by Crippen LogP contribution is -2.58. The van der Waals surface area contributed by atoms with Crippen molar-refractivity contribution in [1.82, 2.24) is 10.2 Å². The summed E-state index contributed by atoms with van der Waals surface area (Å²) in [7, 11) is 0. The summed E-state index contributed by atoms with van der Waals surface area (Å²) in [5.74, 6) is 3.98. The van der Waals surface area contributed by atoms with Gasteiger partial charge in [0.05, 0.1) is 6.04 Å². The average Bonchev–Trinajstić information content (AvgIpc) is 2.43. The highest BCUT2D eigenvalue weighted by atomic mass is 16.2. The quantitative estimate of drug-likeness (QED) is 0.838. The number of amides is 1. The van der Waals surface area contributed by atoms with E-state index in [0.717, 1.165) is 36.8 Å². The molecule has 114 valence electrons. The Kier molecular flexibility index (Phi) is 4.07. The fraction of sp³-hybridized carbons (Fsp3) is 0.941. The molecule has 20 heavy (non-hydrogen) atoms. The van der Waals surface area contributed by atoms with Crippen LogP contribution >= 0.6 is 0 Å². The minimum absolute atomic E-state index is 0.0163. The van der Waals surface area contributed by atoms with Gasteiger partial charge >= 0.3 is 0 Å². The Morgan fingerprint density at radius 1 is 1.05 bits per heavy atom. The van der Waals surface area contributed by atoms with Crippen LogP contribution in [0.25, 0.3) is 0 Å². The zero-order valence-electron chi connectivity index (χ0n) is 13.3. The normalized spacial score (nSPS) is 39.9. The van der Waals surface area contributed by atoms with Gasteiger partial charge in [-0.2, -0.15) is 0 Å². The molecule has 0 radical (unpaired) electrons. The molecule has 0 aromatic carbocycles. The minimum atomic E-state index is -0.0163. The summed E-state index contributed by atoms with van der Waals surface area (Å²) in [6.45, 7) is 7.84. The first-order chi connectivity index (χ1) is 9.62. The second-order valence-electron chi connectivity index (χ2n) is 7.36. The fourth-order valence-electron chi connectivity index (χ4n) is 5.37. The molecule has 0 aromatic rings. The van der Waals surface area contributed by atoms with Crippen LogP contribution in [-0.2, 0) is 4.79 Å². The van der Waals surface area contributed by atoms with Crippen molar-refractivity contribution in [1.29, 1.82) is 0 Å². The van der Waals surface area contributed by atoms with Crippen LogP contribution in [0.3, 0.4) is 0 Å². The van der Waals surface area contributed by atoms with Crippen molar-refractivity contribution < 1.29 is 4.79 Å². The van der Waals surface area contributed by atoms with Gasteiger partial charge in [-0.05, 0) is 76.5 Å². The van der Waals surface area contributed by atoms with Crippen molar-refractivity contribution in [3.8, 4) is 0 Å². The maximum absolute atomic E-state index is 12.4. The van der Waals surface area contributed by atoms with Gasteiger partial charge in [0, 0.05) is 19.1 Å². The largest absolute Gasteiger partial charge is 0.342 e. The zero-order chi connectivity index (χ0) is 14.3. The topological polar surface area (TPSA) is 32.3 Å². The van der Waals surface area contributed by atoms with Gasteiger partial charge in [0.15, 0.2) is 0 Å². The van der Waals surface area contributed by atoms with Crippen LogP contribution in [0.15, 0.2) is 0 Å². The van der Waals surface area contributed by atoms with Crippen molar-refractivity contribution >= 4 is 5.91 Å². The minimum Gasteiger partial charge on any atom is -0.342 e. The van der Waals surface area contributed by atoms with Crippen LogP contribution < -0.4 is 5.32 Å². The SMILES string of the molecule is CCN(CC)C(=O)C(C)NC1C2CC3CC(C2)CC1C3. The molecule has 4 aliphatic carbocycles. The van der Waals surface area contributed by atoms with E-state index in [4.69, 9.17) is 0 Å². The third-order valence-electron chi connectivity index (χ3n) is 6.11. The zero-order valence-corrected chi connectivity index (χ0v) is 13.3. The number of hydrogen-bond acceptors (Lipinski definition) is 2.